The van der Waals surface area contributed by atoms with Gasteiger partial charge in [0.2, 0.25) is 5.76 Å². The molecule has 1 unspecified atom stereocenters. The number of carbonyl (C=O) groups excluding carboxylic acids is 1. The molecule has 8 heteroatoms. The second kappa shape index (κ2) is 12.2. The van der Waals surface area contributed by atoms with E-state index in [1.54, 1.807) is 23.1 Å². The molecule has 0 saturated heterocycles. The van der Waals surface area contributed by atoms with Gasteiger partial charge >= 0.3 is 0 Å². The van der Waals surface area contributed by atoms with Crippen LogP contribution < -0.4 is 24.5 Å². The number of benzene rings is 3. The van der Waals surface area contributed by atoms with Gasteiger partial charge in [-0.15, -0.1) is 0 Å². The second-order valence-electron chi connectivity index (χ2n) is 9.51. The minimum absolute atomic E-state index is 0.0385. The van der Waals surface area contributed by atoms with Crippen LogP contribution >= 0.6 is 15.9 Å². The average molecular weight is 607 g/mol. The van der Waals surface area contributed by atoms with Gasteiger partial charge in [0.25, 0.3) is 5.91 Å². The van der Waals surface area contributed by atoms with Gasteiger partial charge in [0.05, 0.1) is 36.8 Å². The summed E-state index contributed by atoms with van der Waals surface area (Å²) in [7, 11) is 0. The molecule has 0 N–H and O–H groups in total. The lowest BCUT2D eigenvalue weighted by Crippen LogP contribution is -2.29. The van der Waals surface area contributed by atoms with Crippen molar-refractivity contribution in [1.29, 1.82) is 0 Å². The number of ether oxygens (including phenoxy) is 3. The minimum Gasteiger partial charge on any atom is -0.494 e. The topological polar surface area (TPSA) is 78.2 Å². The monoisotopic (exact) mass is 605 g/mol. The summed E-state index contributed by atoms with van der Waals surface area (Å²) >= 11 is 3.45. The number of fused-ring (bicyclic) bond motifs is 2. The third-order valence-electron chi connectivity index (χ3n) is 6.85. The summed E-state index contributed by atoms with van der Waals surface area (Å²) in [5.41, 5.74) is 1.74. The number of carbonyl (C=O) groups is 1. The molecular weight excluding hydrogens is 574 g/mol. The molecular formula is C32H32BrNO6. The van der Waals surface area contributed by atoms with E-state index >= 15 is 0 Å². The molecule has 0 fully saturated rings. The summed E-state index contributed by atoms with van der Waals surface area (Å²) in [6.45, 7) is 7.53. The van der Waals surface area contributed by atoms with Gasteiger partial charge in [0, 0.05) is 10.2 Å². The largest absolute Gasteiger partial charge is 0.494 e. The van der Waals surface area contributed by atoms with Crippen LogP contribution in [0, 0.1) is 0 Å². The Balaban J connectivity index is 1.66. The molecule has 40 heavy (non-hydrogen) atoms. The van der Waals surface area contributed by atoms with Crippen LogP contribution in [0.2, 0.25) is 0 Å². The maximum atomic E-state index is 14.0. The van der Waals surface area contributed by atoms with Crippen molar-refractivity contribution in [2.24, 2.45) is 0 Å². The highest BCUT2D eigenvalue weighted by Crippen LogP contribution is 2.43. The smallest absolute Gasteiger partial charge is 0.295 e. The third-order valence-corrected chi connectivity index (χ3v) is 7.34. The normalized spacial score (nSPS) is 14.4. The lowest BCUT2D eigenvalue weighted by molar-refractivity contribution is 0.0971. The van der Waals surface area contributed by atoms with Crippen LogP contribution in [0.4, 0.5) is 5.69 Å². The van der Waals surface area contributed by atoms with Crippen LogP contribution in [0.5, 0.6) is 17.2 Å². The standard InChI is InChI=1S/C32H32BrNO6/c1-4-7-8-17-39-26-15-9-20(18-27(26)38-6-3)29-28-30(35)24-19-21(33)10-16-25(24)40-31(28)32(36)34(29)22-11-13-23(14-12-22)37-5-2/h9-16,18-19,29H,4-8,17H2,1-3H3. The number of unbranched alkanes of at least 4 members (excludes halogenated alkanes) is 2. The summed E-state index contributed by atoms with van der Waals surface area (Å²) in [6, 6.07) is 17.3. The zero-order valence-electron chi connectivity index (χ0n) is 22.9. The van der Waals surface area contributed by atoms with Gasteiger partial charge in [-0.1, -0.05) is 41.8 Å². The molecule has 7 nitrogen and oxygen atoms in total. The summed E-state index contributed by atoms with van der Waals surface area (Å²) < 4.78 is 24.4. The van der Waals surface area contributed by atoms with Gasteiger partial charge in [-0.05, 0) is 80.4 Å². The SMILES string of the molecule is CCCCCOc1ccc(C2c3c(oc4ccc(Br)cc4c3=O)C(=O)N2c2ccc(OCC)cc2)cc1OCC. The lowest BCUT2D eigenvalue weighted by Gasteiger charge is -2.26. The van der Waals surface area contributed by atoms with E-state index < -0.39 is 6.04 Å². The number of rotatable bonds is 11. The summed E-state index contributed by atoms with van der Waals surface area (Å²) in [5, 5.41) is 0.403. The molecule has 1 aliphatic heterocycles. The second-order valence-corrected chi connectivity index (χ2v) is 10.4. The first-order valence-corrected chi connectivity index (χ1v) is 14.5. The molecule has 0 spiro atoms. The summed E-state index contributed by atoms with van der Waals surface area (Å²) in [6.07, 6.45) is 3.13. The van der Waals surface area contributed by atoms with Crippen LogP contribution in [-0.4, -0.2) is 25.7 Å². The van der Waals surface area contributed by atoms with E-state index in [9.17, 15) is 9.59 Å². The number of anilines is 1. The molecule has 208 valence electrons. The van der Waals surface area contributed by atoms with Gasteiger partial charge in [0.15, 0.2) is 16.9 Å². The van der Waals surface area contributed by atoms with Crippen LogP contribution in [-0.2, 0) is 0 Å². The Labute approximate surface area is 241 Å². The summed E-state index contributed by atoms with van der Waals surface area (Å²) in [4.78, 5) is 29.5. The third kappa shape index (κ3) is 5.32. The molecule has 1 aromatic heterocycles. The Bertz CT molecular complexity index is 1580. The van der Waals surface area contributed by atoms with Crippen molar-refractivity contribution in [2.75, 3.05) is 24.7 Å². The molecule has 4 aromatic rings. The number of amides is 1. The predicted octanol–water partition coefficient (Wildman–Crippen LogP) is 7.67. The van der Waals surface area contributed by atoms with Crippen LogP contribution in [0.15, 0.2) is 74.3 Å². The Morgan fingerprint density at radius 2 is 1.62 bits per heavy atom. The fourth-order valence-corrected chi connectivity index (χ4v) is 5.37. The van der Waals surface area contributed by atoms with E-state index in [2.05, 4.69) is 22.9 Å². The van der Waals surface area contributed by atoms with Crippen LogP contribution in [0.3, 0.4) is 0 Å². The fraction of sp³-hybridized carbons (Fsp3) is 0.312. The van der Waals surface area contributed by atoms with Crippen molar-refractivity contribution in [3.8, 4) is 17.2 Å². The van der Waals surface area contributed by atoms with Crippen molar-refractivity contribution in [3.63, 3.8) is 0 Å². The molecule has 0 bridgehead atoms. The van der Waals surface area contributed by atoms with Gasteiger partial charge in [-0.2, -0.15) is 0 Å². The molecule has 0 saturated carbocycles. The Hall–Kier alpha value is -3.78. The van der Waals surface area contributed by atoms with E-state index in [-0.39, 0.29) is 17.1 Å². The van der Waals surface area contributed by atoms with Crippen molar-refractivity contribution in [1.82, 2.24) is 0 Å². The lowest BCUT2D eigenvalue weighted by atomic mass is 9.97. The molecule has 3 aromatic carbocycles. The summed E-state index contributed by atoms with van der Waals surface area (Å²) in [5.74, 6) is 1.55. The maximum Gasteiger partial charge on any atom is 0.295 e. The van der Waals surface area contributed by atoms with Crippen LogP contribution in [0.1, 0.15) is 67.8 Å². The van der Waals surface area contributed by atoms with Crippen LogP contribution in [0.25, 0.3) is 11.0 Å². The predicted molar refractivity (Wildman–Crippen MR) is 159 cm³/mol. The Kier molecular flexibility index (Phi) is 8.45. The van der Waals surface area contributed by atoms with Crippen molar-refractivity contribution >= 4 is 38.5 Å². The molecule has 2 heterocycles. The Morgan fingerprint density at radius 1 is 0.850 bits per heavy atom. The number of halogens is 1. The first kappa shape index (κ1) is 27.8. The highest BCUT2D eigenvalue weighted by Gasteiger charge is 2.44. The quantitative estimate of drug-likeness (QED) is 0.163. The highest BCUT2D eigenvalue weighted by molar-refractivity contribution is 9.10. The first-order valence-electron chi connectivity index (χ1n) is 13.7. The molecule has 0 radical (unpaired) electrons. The molecule has 1 amide bonds. The Morgan fingerprint density at radius 3 is 2.35 bits per heavy atom. The van der Waals surface area contributed by atoms with Crippen molar-refractivity contribution in [2.45, 2.75) is 46.1 Å². The number of hydrogen-bond donors (Lipinski definition) is 0. The van der Waals surface area contributed by atoms with E-state index in [1.165, 1.54) is 0 Å². The average Bonchev–Trinajstić information content (AvgIpc) is 3.25. The highest BCUT2D eigenvalue weighted by atomic mass is 79.9. The molecule has 5 rings (SSSR count). The van der Waals surface area contributed by atoms with Gasteiger partial charge in [-0.25, -0.2) is 0 Å². The van der Waals surface area contributed by atoms with Crippen molar-refractivity contribution < 1.29 is 23.4 Å². The molecule has 0 aliphatic carbocycles. The van der Waals surface area contributed by atoms with Gasteiger partial charge < -0.3 is 18.6 Å². The maximum absolute atomic E-state index is 14.0. The number of hydrogen-bond acceptors (Lipinski definition) is 6. The zero-order chi connectivity index (χ0) is 28.2. The molecule has 1 atom stereocenters. The number of nitrogens with zero attached hydrogens (tertiary/aromatic N) is 1. The molecule has 1 aliphatic rings. The van der Waals surface area contributed by atoms with E-state index in [4.69, 9.17) is 18.6 Å². The van der Waals surface area contributed by atoms with E-state index in [0.717, 1.165) is 23.7 Å². The van der Waals surface area contributed by atoms with E-state index in [0.29, 0.717) is 64.9 Å². The van der Waals surface area contributed by atoms with Gasteiger partial charge in [-0.3, -0.25) is 14.5 Å². The first-order chi connectivity index (χ1) is 19.5. The zero-order valence-corrected chi connectivity index (χ0v) is 24.5. The fourth-order valence-electron chi connectivity index (χ4n) is 5.01. The van der Waals surface area contributed by atoms with E-state index in [1.807, 2.05) is 56.3 Å². The van der Waals surface area contributed by atoms with Crippen molar-refractivity contribution in [3.05, 3.63) is 92.2 Å². The van der Waals surface area contributed by atoms with Gasteiger partial charge in [0.1, 0.15) is 11.3 Å². The minimum atomic E-state index is -0.728.